The van der Waals surface area contributed by atoms with E-state index in [1.807, 2.05) is 13.8 Å². The number of hydrogen-bond donors (Lipinski definition) is 2. The van der Waals surface area contributed by atoms with Crippen LogP contribution >= 0.6 is 11.6 Å². The van der Waals surface area contributed by atoms with Gasteiger partial charge in [-0.2, -0.15) is 0 Å². The number of rotatable bonds is 5. The third-order valence-corrected chi connectivity index (χ3v) is 2.79. The maximum absolute atomic E-state index is 12.8. The molecule has 2 N–H and O–H groups in total. The summed E-state index contributed by atoms with van der Waals surface area (Å²) in [5.41, 5.74) is 0.766. The average Bonchev–Trinajstić information content (AvgIpc) is 2.26. The van der Waals surface area contributed by atoms with E-state index in [1.54, 1.807) is 13.0 Å². The fraction of sp³-hybridized carbons (Fsp3) is 0.462. The molecule has 0 aliphatic carbocycles. The molecule has 100 valence electrons. The third kappa shape index (κ3) is 4.63. The monoisotopic (exact) mass is 272 g/mol. The van der Waals surface area contributed by atoms with Crippen molar-refractivity contribution in [3.63, 3.8) is 0 Å². The molecule has 0 fully saturated rings. The van der Waals surface area contributed by atoms with Crippen molar-refractivity contribution >= 4 is 17.5 Å². The van der Waals surface area contributed by atoms with Gasteiger partial charge in [0.1, 0.15) is 5.82 Å². The lowest BCUT2D eigenvalue weighted by Crippen LogP contribution is -2.44. The molecule has 0 saturated carbocycles. The van der Waals surface area contributed by atoms with Gasteiger partial charge in [-0.15, -0.1) is 0 Å². The number of nitrogens with one attached hydrogen (secondary N) is 2. The topological polar surface area (TPSA) is 41.1 Å². The van der Waals surface area contributed by atoms with Crippen LogP contribution in [0.15, 0.2) is 18.2 Å². The zero-order valence-electron chi connectivity index (χ0n) is 10.8. The zero-order chi connectivity index (χ0) is 13.7. The second-order valence-corrected chi connectivity index (χ2v) is 4.91. The van der Waals surface area contributed by atoms with Crippen molar-refractivity contribution in [2.24, 2.45) is 0 Å². The quantitative estimate of drug-likeness (QED) is 0.865. The first-order chi connectivity index (χ1) is 8.40. The average molecular weight is 273 g/mol. The summed E-state index contributed by atoms with van der Waals surface area (Å²) < 4.78 is 12.8. The Morgan fingerprint density at radius 3 is 2.61 bits per heavy atom. The van der Waals surface area contributed by atoms with Crippen LogP contribution in [-0.4, -0.2) is 18.0 Å². The number of carbonyl (C=O) groups is 1. The van der Waals surface area contributed by atoms with E-state index in [1.165, 1.54) is 12.1 Å². The first-order valence-corrected chi connectivity index (χ1v) is 6.25. The Kier molecular flexibility index (Phi) is 5.56. The van der Waals surface area contributed by atoms with Crippen molar-refractivity contribution in [1.82, 2.24) is 10.6 Å². The molecule has 0 radical (unpaired) electrons. The van der Waals surface area contributed by atoms with Gasteiger partial charge in [-0.25, -0.2) is 4.39 Å². The van der Waals surface area contributed by atoms with Gasteiger partial charge in [-0.05, 0) is 38.5 Å². The van der Waals surface area contributed by atoms with Crippen LogP contribution in [0.1, 0.15) is 26.3 Å². The lowest BCUT2D eigenvalue weighted by Gasteiger charge is -2.16. The fourth-order valence-corrected chi connectivity index (χ4v) is 1.66. The highest BCUT2D eigenvalue weighted by Crippen LogP contribution is 2.16. The number of amides is 1. The van der Waals surface area contributed by atoms with Crippen LogP contribution in [0.3, 0.4) is 0 Å². The van der Waals surface area contributed by atoms with Gasteiger partial charge < -0.3 is 10.6 Å². The van der Waals surface area contributed by atoms with E-state index in [9.17, 15) is 9.18 Å². The molecule has 0 aliphatic heterocycles. The molecule has 1 rings (SSSR count). The van der Waals surface area contributed by atoms with E-state index in [0.29, 0.717) is 11.6 Å². The van der Waals surface area contributed by atoms with Crippen molar-refractivity contribution in [3.05, 3.63) is 34.6 Å². The SMILES string of the molecule is CC(C)NC(=O)C(C)NCc1ccc(F)cc1Cl. The van der Waals surface area contributed by atoms with Crippen molar-refractivity contribution in [3.8, 4) is 0 Å². The van der Waals surface area contributed by atoms with Crippen LogP contribution in [0.25, 0.3) is 0 Å². The van der Waals surface area contributed by atoms with Gasteiger partial charge in [0.15, 0.2) is 0 Å². The zero-order valence-corrected chi connectivity index (χ0v) is 11.5. The Labute approximate surface area is 112 Å². The Hall–Kier alpha value is -1.13. The summed E-state index contributed by atoms with van der Waals surface area (Å²) >= 11 is 5.90. The fourth-order valence-electron chi connectivity index (χ4n) is 1.43. The van der Waals surface area contributed by atoms with Crippen molar-refractivity contribution in [2.45, 2.75) is 39.4 Å². The predicted molar refractivity (Wildman–Crippen MR) is 71.0 cm³/mol. The number of halogens is 2. The van der Waals surface area contributed by atoms with E-state index in [-0.39, 0.29) is 23.8 Å². The van der Waals surface area contributed by atoms with E-state index in [4.69, 9.17) is 11.6 Å². The summed E-state index contributed by atoms with van der Waals surface area (Å²) in [5, 5.41) is 6.21. The van der Waals surface area contributed by atoms with E-state index >= 15 is 0 Å². The maximum Gasteiger partial charge on any atom is 0.237 e. The molecule has 0 heterocycles. The second-order valence-electron chi connectivity index (χ2n) is 4.50. The molecule has 0 bridgehead atoms. The molecule has 1 amide bonds. The van der Waals surface area contributed by atoms with Crippen molar-refractivity contribution in [2.75, 3.05) is 0 Å². The molecular weight excluding hydrogens is 255 g/mol. The van der Waals surface area contributed by atoms with Crippen LogP contribution in [0.4, 0.5) is 4.39 Å². The Morgan fingerprint density at radius 1 is 1.39 bits per heavy atom. The van der Waals surface area contributed by atoms with Crippen LogP contribution in [0.5, 0.6) is 0 Å². The lowest BCUT2D eigenvalue weighted by atomic mass is 10.2. The molecule has 5 heteroatoms. The van der Waals surface area contributed by atoms with Gasteiger partial charge in [0.25, 0.3) is 0 Å². The molecule has 1 unspecified atom stereocenters. The van der Waals surface area contributed by atoms with Gasteiger partial charge in [0.2, 0.25) is 5.91 Å². The van der Waals surface area contributed by atoms with Crippen LogP contribution in [-0.2, 0) is 11.3 Å². The summed E-state index contributed by atoms with van der Waals surface area (Å²) in [6.45, 7) is 6.00. The van der Waals surface area contributed by atoms with Gasteiger partial charge >= 0.3 is 0 Å². The van der Waals surface area contributed by atoms with Crippen LogP contribution < -0.4 is 10.6 Å². The highest BCUT2D eigenvalue weighted by atomic mass is 35.5. The third-order valence-electron chi connectivity index (χ3n) is 2.44. The molecule has 1 atom stereocenters. The minimum atomic E-state index is -0.366. The summed E-state index contributed by atoms with van der Waals surface area (Å²) in [6.07, 6.45) is 0. The van der Waals surface area contributed by atoms with Crippen LogP contribution in [0.2, 0.25) is 5.02 Å². The van der Waals surface area contributed by atoms with E-state index in [0.717, 1.165) is 5.56 Å². The molecule has 0 saturated heterocycles. The summed E-state index contributed by atoms with van der Waals surface area (Å²) in [6, 6.07) is 4.00. The summed E-state index contributed by atoms with van der Waals surface area (Å²) in [7, 11) is 0. The molecule has 0 spiro atoms. The first-order valence-electron chi connectivity index (χ1n) is 5.88. The molecule has 0 aliphatic rings. The Bertz CT molecular complexity index is 423. The smallest absolute Gasteiger partial charge is 0.237 e. The first kappa shape index (κ1) is 14.9. The number of carbonyl (C=O) groups excluding carboxylic acids is 1. The second kappa shape index (κ2) is 6.71. The maximum atomic E-state index is 12.8. The molecule has 3 nitrogen and oxygen atoms in total. The highest BCUT2D eigenvalue weighted by molar-refractivity contribution is 6.31. The largest absolute Gasteiger partial charge is 0.353 e. The van der Waals surface area contributed by atoms with Gasteiger partial charge in [-0.3, -0.25) is 4.79 Å². The lowest BCUT2D eigenvalue weighted by molar-refractivity contribution is -0.123. The Morgan fingerprint density at radius 2 is 2.06 bits per heavy atom. The normalized spacial score (nSPS) is 12.6. The van der Waals surface area contributed by atoms with Crippen molar-refractivity contribution < 1.29 is 9.18 Å². The number of hydrogen-bond acceptors (Lipinski definition) is 2. The van der Waals surface area contributed by atoms with E-state index in [2.05, 4.69) is 10.6 Å². The highest BCUT2D eigenvalue weighted by Gasteiger charge is 2.13. The summed E-state index contributed by atoms with van der Waals surface area (Å²) in [4.78, 5) is 11.6. The van der Waals surface area contributed by atoms with Gasteiger partial charge in [-0.1, -0.05) is 17.7 Å². The molecule has 1 aromatic carbocycles. The number of benzene rings is 1. The van der Waals surface area contributed by atoms with E-state index < -0.39 is 0 Å². The molecule has 1 aromatic rings. The van der Waals surface area contributed by atoms with Crippen molar-refractivity contribution in [1.29, 1.82) is 0 Å². The summed E-state index contributed by atoms with van der Waals surface area (Å²) in [5.74, 6) is -0.433. The van der Waals surface area contributed by atoms with Gasteiger partial charge in [0.05, 0.1) is 6.04 Å². The standard InChI is InChI=1S/C13H18ClFN2O/c1-8(2)17-13(18)9(3)16-7-10-4-5-11(15)6-12(10)14/h4-6,8-9,16H,7H2,1-3H3,(H,17,18). The molecular formula is C13H18ClFN2O. The predicted octanol–water partition coefficient (Wildman–Crippen LogP) is 2.48. The molecule has 18 heavy (non-hydrogen) atoms. The van der Waals surface area contributed by atoms with Gasteiger partial charge in [0, 0.05) is 17.6 Å². The minimum Gasteiger partial charge on any atom is -0.353 e. The molecule has 0 aromatic heterocycles. The minimum absolute atomic E-state index is 0.0664. The van der Waals surface area contributed by atoms with Crippen LogP contribution in [0, 0.1) is 5.82 Å². The Balaban J connectivity index is 2.52.